The van der Waals surface area contributed by atoms with Crippen LogP contribution in [0.4, 0.5) is 5.95 Å². The Morgan fingerprint density at radius 3 is 2.55 bits per heavy atom. The Bertz CT molecular complexity index is 618. The van der Waals surface area contributed by atoms with Crippen LogP contribution in [0.2, 0.25) is 0 Å². The molecule has 2 atom stereocenters. The molecule has 0 unspecified atom stereocenters. The second kappa shape index (κ2) is 6.04. The van der Waals surface area contributed by atoms with Crippen LogP contribution >= 0.6 is 0 Å². The molecular weight excluding hydrogens is 276 g/mol. The van der Waals surface area contributed by atoms with Gasteiger partial charge in [-0.05, 0) is 45.0 Å². The first-order valence-electron chi connectivity index (χ1n) is 7.74. The highest BCUT2D eigenvalue weighted by Crippen LogP contribution is 2.27. The summed E-state index contributed by atoms with van der Waals surface area (Å²) in [7, 11) is 6.27. The van der Waals surface area contributed by atoms with Crippen LogP contribution in [0.5, 0.6) is 0 Å². The zero-order valence-corrected chi connectivity index (χ0v) is 13.8. The fraction of sp³-hybridized carbons (Fsp3) is 0.562. The van der Waals surface area contributed by atoms with Crippen LogP contribution < -0.4 is 4.90 Å². The lowest BCUT2D eigenvalue weighted by molar-refractivity contribution is 0.273. The number of hydrogen-bond acceptors (Lipinski definition) is 5. The Morgan fingerprint density at radius 2 is 1.95 bits per heavy atom. The lowest BCUT2D eigenvalue weighted by Crippen LogP contribution is -2.44. The van der Waals surface area contributed by atoms with Gasteiger partial charge >= 0.3 is 0 Å². The third-order valence-corrected chi connectivity index (χ3v) is 4.40. The average molecular weight is 300 g/mol. The van der Waals surface area contributed by atoms with Gasteiger partial charge in [-0.1, -0.05) is 0 Å². The summed E-state index contributed by atoms with van der Waals surface area (Å²) in [5, 5.41) is 4.29. The number of anilines is 1. The van der Waals surface area contributed by atoms with E-state index in [1.165, 1.54) is 5.56 Å². The molecule has 0 radical (unpaired) electrons. The van der Waals surface area contributed by atoms with E-state index in [1.54, 1.807) is 0 Å². The molecule has 0 aliphatic carbocycles. The number of aromatic nitrogens is 4. The molecule has 3 heterocycles. The van der Waals surface area contributed by atoms with E-state index in [1.807, 2.05) is 37.2 Å². The number of nitrogens with zero attached hydrogens (tertiary/aromatic N) is 6. The van der Waals surface area contributed by atoms with Gasteiger partial charge in [-0.3, -0.25) is 4.68 Å². The van der Waals surface area contributed by atoms with Crippen molar-refractivity contribution in [3.63, 3.8) is 0 Å². The number of likely N-dealkylation sites (N-methyl/N-ethyl adjacent to an activating group) is 1. The first-order valence-corrected chi connectivity index (χ1v) is 7.74. The maximum absolute atomic E-state index is 4.53. The maximum Gasteiger partial charge on any atom is 0.225 e. The Kier molecular flexibility index (Phi) is 4.11. The predicted molar refractivity (Wildman–Crippen MR) is 86.9 cm³/mol. The lowest BCUT2D eigenvalue weighted by Gasteiger charge is -2.31. The van der Waals surface area contributed by atoms with E-state index in [0.717, 1.165) is 30.9 Å². The predicted octanol–water partition coefficient (Wildman–Crippen LogP) is 1.27. The second-order valence-electron chi connectivity index (χ2n) is 6.37. The summed E-state index contributed by atoms with van der Waals surface area (Å²) < 4.78 is 1.86. The maximum atomic E-state index is 4.53. The molecule has 2 aromatic heterocycles. The summed E-state index contributed by atoms with van der Waals surface area (Å²) in [6, 6.07) is 0.881. The smallest absolute Gasteiger partial charge is 0.225 e. The highest BCUT2D eigenvalue weighted by atomic mass is 15.3. The molecule has 1 saturated heterocycles. The van der Waals surface area contributed by atoms with Gasteiger partial charge in [0.25, 0.3) is 0 Å². The molecular formula is C16H24N6. The molecule has 0 spiro atoms. The van der Waals surface area contributed by atoms with Crippen LogP contribution in [0.1, 0.15) is 17.5 Å². The fourth-order valence-electron chi connectivity index (χ4n) is 3.29. The minimum atomic E-state index is 0.377. The van der Waals surface area contributed by atoms with Gasteiger partial charge in [0.1, 0.15) is 0 Å². The van der Waals surface area contributed by atoms with Crippen LogP contribution in [0, 0.1) is 6.92 Å². The third kappa shape index (κ3) is 2.97. The Labute approximate surface area is 131 Å². The monoisotopic (exact) mass is 300 g/mol. The van der Waals surface area contributed by atoms with Crippen LogP contribution in [0.3, 0.4) is 0 Å². The van der Waals surface area contributed by atoms with Crippen molar-refractivity contribution >= 4 is 5.95 Å². The topological polar surface area (TPSA) is 50.1 Å². The molecule has 0 aromatic carbocycles. The van der Waals surface area contributed by atoms with Crippen LogP contribution in [-0.2, 0) is 13.5 Å². The van der Waals surface area contributed by atoms with Crippen LogP contribution in [0.25, 0.3) is 0 Å². The highest BCUT2D eigenvalue weighted by Gasteiger charge is 2.36. The second-order valence-corrected chi connectivity index (χ2v) is 6.37. The fourth-order valence-corrected chi connectivity index (χ4v) is 3.29. The third-order valence-electron chi connectivity index (χ3n) is 4.40. The Morgan fingerprint density at radius 1 is 1.23 bits per heavy atom. The number of hydrogen-bond donors (Lipinski definition) is 0. The van der Waals surface area contributed by atoms with E-state index in [0.29, 0.717) is 12.1 Å². The van der Waals surface area contributed by atoms with E-state index in [4.69, 9.17) is 0 Å². The molecule has 2 aromatic rings. The Balaban J connectivity index is 1.86. The van der Waals surface area contributed by atoms with Gasteiger partial charge in [0.2, 0.25) is 5.95 Å². The standard InChI is InChI=1S/C16H24N6/c1-12-8-17-16(18-9-12)22-6-5-14(20(2)3)15(22)7-13-10-19-21(4)11-13/h8-11,14-15H,5-7H2,1-4H3/t14-,15+/m1/s1. The summed E-state index contributed by atoms with van der Waals surface area (Å²) in [4.78, 5) is 13.7. The van der Waals surface area contributed by atoms with E-state index >= 15 is 0 Å². The normalized spacial score (nSPS) is 21.8. The van der Waals surface area contributed by atoms with E-state index in [2.05, 4.69) is 45.2 Å². The van der Waals surface area contributed by atoms with Gasteiger partial charge in [-0.15, -0.1) is 0 Å². The van der Waals surface area contributed by atoms with Crippen molar-refractivity contribution in [1.29, 1.82) is 0 Å². The first-order chi connectivity index (χ1) is 10.5. The molecule has 118 valence electrons. The van der Waals surface area contributed by atoms with Gasteiger partial charge in [0, 0.05) is 38.2 Å². The zero-order chi connectivity index (χ0) is 15.7. The van der Waals surface area contributed by atoms with Crippen molar-refractivity contribution in [2.75, 3.05) is 25.5 Å². The summed E-state index contributed by atoms with van der Waals surface area (Å²) >= 11 is 0. The summed E-state index contributed by atoms with van der Waals surface area (Å²) in [5.74, 6) is 0.837. The SMILES string of the molecule is Cc1cnc(N2CC[C@@H](N(C)C)[C@@H]2Cc2cnn(C)c2)nc1. The average Bonchev–Trinajstić information content (AvgIpc) is 3.07. The molecule has 22 heavy (non-hydrogen) atoms. The Hall–Kier alpha value is -1.95. The molecule has 0 amide bonds. The van der Waals surface area contributed by atoms with Crippen LogP contribution in [0.15, 0.2) is 24.8 Å². The molecule has 6 nitrogen and oxygen atoms in total. The zero-order valence-electron chi connectivity index (χ0n) is 13.8. The number of aryl methyl sites for hydroxylation is 2. The van der Waals surface area contributed by atoms with Gasteiger partial charge in [0.15, 0.2) is 0 Å². The van der Waals surface area contributed by atoms with Crippen molar-refractivity contribution in [2.45, 2.75) is 31.8 Å². The minimum Gasteiger partial charge on any atom is -0.336 e. The molecule has 3 rings (SSSR count). The van der Waals surface area contributed by atoms with Crippen molar-refractivity contribution in [2.24, 2.45) is 7.05 Å². The van der Waals surface area contributed by atoms with E-state index < -0.39 is 0 Å². The molecule has 0 saturated carbocycles. The van der Waals surface area contributed by atoms with Gasteiger partial charge in [-0.2, -0.15) is 5.10 Å². The van der Waals surface area contributed by atoms with Crippen LogP contribution in [-0.4, -0.2) is 57.4 Å². The van der Waals surface area contributed by atoms with Crippen molar-refractivity contribution in [3.05, 3.63) is 35.9 Å². The molecule has 1 aliphatic heterocycles. The van der Waals surface area contributed by atoms with Gasteiger partial charge < -0.3 is 9.80 Å². The quantitative estimate of drug-likeness (QED) is 0.851. The molecule has 0 N–H and O–H groups in total. The summed E-state index contributed by atoms with van der Waals surface area (Å²) in [5.41, 5.74) is 2.36. The summed E-state index contributed by atoms with van der Waals surface area (Å²) in [6.45, 7) is 3.01. The molecule has 1 fully saturated rings. The van der Waals surface area contributed by atoms with Gasteiger partial charge in [-0.25, -0.2) is 9.97 Å². The van der Waals surface area contributed by atoms with E-state index in [-0.39, 0.29) is 0 Å². The van der Waals surface area contributed by atoms with E-state index in [9.17, 15) is 0 Å². The van der Waals surface area contributed by atoms with Crippen molar-refractivity contribution in [3.8, 4) is 0 Å². The minimum absolute atomic E-state index is 0.377. The molecule has 6 heteroatoms. The largest absolute Gasteiger partial charge is 0.336 e. The van der Waals surface area contributed by atoms with Crippen molar-refractivity contribution < 1.29 is 0 Å². The highest BCUT2D eigenvalue weighted by molar-refractivity contribution is 5.36. The van der Waals surface area contributed by atoms with Gasteiger partial charge in [0.05, 0.1) is 12.2 Å². The van der Waals surface area contributed by atoms with Crippen molar-refractivity contribution in [1.82, 2.24) is 24.6 Å². The summed E-state index contributed by atoms with van der Waals surface area (Å²) in [6.07, 6.45) is 9.94. The first kappa shape index (κ1) is 15.0. The number of rotatable bonds is 4. The molecule has 1 aliphatic rings. The molecule has 0 bridgehead atoms. The lowest BCUT2D eigenvalue weighted by atomic mass is 10.0.